The van der Waals surface area contributed by atoms with Gasteiger partial charge >= 0.3 is 3.93 Å². The van der Waals surface area contributed by atoms with Crippen molar-refractivity contribution in [2.45, 2.75) is 10.9 Å². The molecule has 0 unspecified atom stereocenters. The van der Waals surface area contributed by atoms with Gasteiger partial charge in [-0.15, -0.1) is 0 Å². The van der Waals surface area contributed by atoms with Gasteiger partial charge in [0.25, 0.3) is 0 Å². The number of hydrogen-bond donors (Lipinski definition) is 1. The number of alkyl halides is 3. The van der Waals surface area contributed by atoms with E-state index in [9.17, 15) is 8.78 Å². The van der Waals surface area contributed by atoms with Crippen LogP contribution in [0, 0.1) is 6.92 Å². The van der Waals surface area contributed by atoms with Crippen molar-refractivity contribution in [2.75, 3.05) is 5.73 Å². The molecule has 4 aromatic rings. The molecule has 8 heteroatoms. The summed E-state index contributed by atoms with van der Waals surface area (Å²) in [5.74, 6) is 0.273. The molecule has 0 saturated carbocycles. The van der Waals surface area contributed by atoms with Crippen molar-refractivity contribution in [2.24, 2.45) is 0 Å². The summed E-state index contributed by atoms with van der Waals surface area (Å²) < 4.78 is 26.4. The summed E-state index contributed by atoms with van der Waals surface area (Å²) in [4.78, 5) is 12.9. The van der Waals surface area contributed by atoms with Crippen LogP contribution in [-0.2, 0) is 3.93 Å². The number of nitrogen functional groups attached to an aromatic ring is 1. The first-order chi connectivity index (χ1) is 12.8. The van der Waals surface area contributed by atoms with Gasteiger partial charge in [0, 0.05) is 46.2 Å². The standard InChI is InChI=1S/C19H14F2IN5/c1-11-9-13(10-14(25-11)19(20,21)22)15-16(12-5-3-2-4-6-12)26-18(23)27-8-7-24-17(15)27/h2-10H,1H3,(H2,23,26). The van der Waals surface area contributed by atoms with Crippen molar-refractivity contribution in [3.05, 3.63) is 66.2 Å². The fraction of sp³-hybridized carbons (Fsp3) is 0.105. The Balaban J connectivity index is 2.09. The Labute approximate surface area is 167 Å². The first-order valence-electron chi connectivity index (χ1n) is 8.09. The minimum atomic E-state index is -3.08. The van der Waals surface area contributed by atoms with E-state index in [-0.39, 0.29) is 11.6 Å². The molecule has 4 rings (SSSR count). The van der Waals surface area contributed by atoms with Gasteiger partial charge in [-0.1, -0.05) is 30.3 Å². The van der Waals surface area contributed by atoms with E-state index in [1.807, 2.05) is 30.3 Å². The highest BCUT2D eigenvalue weighted by Crippen LogP contribution is 2.39. The summed E-state index contributed by atoms with van der Waals surface area (Å²) in [5, 5.41) is 0. The van der Waals surface area contributed by atoms with Crippen LogP contribution < -0.4 is 5.73 Å². The van der Waals surface area contributed by atoms with Crippen molar-refractivity contribution >= 4 is 34.2 Å². The zero-order valence-electron chi connectivity index (χ0n) is 14.2. The Morgan fingerprint density at radius 1 is 1.07 bits per heavy atom. The first kappa shape index (κ1) is 17.8. The number of halogens is 3. The van der Waals surface area contributed by atoms with Gasteiger partial charge in [-0.25, -0.2) is 9.97 Å². The Bertz CT molecular complexity index is 1140. The van der Waals surface area contributed by atoms with Crippen LogP contribution in [0.15, 0.2) is 54.9 Å². The van der Waals surface area contributed by atoms with Gasteiger partial charge in [0.2, 0.25) is 5.95 Å². The number of nitrogens with zero attached hydrogens (tertiary/aromatic N) is 4. The average Bonchev–Trinajstić information content (AvgIpc) is 3.11. The Morgan fingerprint density at radius 2 is 1.81 bits per heavy atom. The van der Waals surface area contributed by atoms with E-state index in [0.717, 1.165) is 28.2 Å². The molecule has 0 aliphatic heterocycles. The molecule has 0 bridgehead atoms. The molecule has 136 valence electrons. The lowest BCUT2D eigenvalue weighted by Crippen LogP contribution is -2.08. The van der Waals surface area contributed by atoms with E-state index in [1.165, 1.54) is 6.07 Å². The fourth-order valence-electron chi connectivity index (χ4n) is 3.03. The molecule has 5 nitrogen and oxygen atoms in total. The monoisotopic (exact) mass is 477 g/mol. The molecule has 0 radical (unpaired) electrons. The largest absolute Gasteiger partial charge is 0.369 e. The van der Waals surface area contributed by atoms with E-state index in [0.29, 0.717) is 28.2 Å². The van der Waals surface area contributed by atoms with Crippen molar-refractivity contribution < 1.29 is 8.78 Å². The van der Waals surface area contributed by atoms with Crippen molar-refractivity contribution in [1.29, 1.82) is 0 Å². The van der Waals surface area contributed by atoms with Crippen LogP contribution in [0.5, 0.6) is 0 Å². The predicted molar refractivity (Wildman–Crippen MR) is 109 cm³/mol. The zero-order chi connectivity index (χ0) is 19.2. The molecule has 27 heavy (non-hydrogen) atoms. The molecule has 0 spiro atoms. The molecule has 0 aliphatic carbocycles. The molecular weight excluding hydrogens is 463 g/mol. The van der Waals surface area contributed by atoms with Crippen LogP contribution in [-0.4, -0.2) is 19.4 Å². The second-order valence-corrected chi connectivity index (χ2v) is 7.42. The highest BCUT2D eigenvalue weighted by atomic mass is 127. The van der Waals surface area contributed by atoms with Gasteiger partial charge in [-0.05, 0) is 24.6 Å². The second kappa shape index (κ2) is 6.52. The van der Waals surface area contributed by atoms with Crippen LogP contribution in [0.1, 0.15) is 11.4 Å². The van der Waals surface area contributed by atoms with E-state index >= 15 is 0 Å². The van der Waals surface area contributed by atoms with Gasteiger partial charge in [-0.2, -0.15) is 8.78 Å². The molecule has 1 aromatic carbocycles. The maximum Gasteiger partial charge on any atom is 0.337 e. The summed E-state index contributed by atoms with van der Waals surface area (Å²) in [6.07, 6.45) is 3.30. The average molecular weight is 477 g/mol. The third-order valence-corrected chi connectivity index (χ3v) is 4.71. The van der Waals surface area contributed by atoms with Gasteiger partial charge < -0.3 is 5.73 Å². The number of imidazole rings is 1. The molecular formula is C19H14F2IN5. The number of aryl methyl sites for hydroxylation is 1. The Morgan fingerprint density at radius 3 is 2.52 bits per heavy atom. The number of fused-ring (bicyclic) bond motifs is 1. The van der Waals surface area contributed by atoms with Crippen LogP contribution in [0.25, 0.3) is 28.0 Å². The van der Waals surface area contributed by atoms with Gasteiger partial charge in [-0.3, -0.25) is 9.38 Å². The summed E-state index contributed by atoms with van der Waals surface area (Å²) in [5.41, 5.74) is 9.43. The van der Waals surface area contributed by atoms with Gasteiger partial charge in [0.05, 0.1) is 11.3 Å². The van der Waals surface area contributed by atoms with Crippen LogP contribution in [0.4, 0.5) is 14.7 Å². The van der Waals surface area contributed by atoms with Crippen molar-refractivity contribution in [1.82, 2.24) is 19.4 Å². The number of benzene rings is 1. The van der Waals surface area contributed by atoms with Gasteiger partial charge in [0.15, 0.2) is 0 Å². The predicted octanol–water partition coefficient (Wildman–Crippen LogP) is 4.83. The van der Waals surface area contributed by atoms with E-state index in [4.69, 9.17) is 5.73 Å². The zero-order valence-corrected chi connectivity index (χ0v) is 16.4. The molecule has 3 heterocycles. The van der Waals surface area contributed by atoms with Gasteiger partial charge in [0.1, 0.15) is 11.3 Å². The highest BCUT2D eigenvalue weighted by molar-refractivity contribution is 14.1. The van der Waals surface area contributed by atoms with Crippen LogP contribution >= 0.6 is 22.6 Å². The smallest absolute Gasteiger partial charge is 0.337 e. The van der Waals surface area contributed by atoms with E-state index in [2.05, 4.69) is 15.0 Å². The number of nitrogens with two attached hydrogens (primary N) is 1. The maximum absolute atomic E-state index is 13.9. The lowest BCUT2D eigenvalue weighted by Gasteiger charge is -2.15. The molecule has 0 amide bonds. The molecule has 2 N–H and O–H groups in total. The van der Waals surface area contributed by atoms with Crippen molar-refractivity contribution in [3.8, 4) is 22.4 Å². The number of aromatic nitrogens is 4. The number of anilines is 1. The third kappa shape index (κ3) is 3.25. The summed E-state index contributed by atoms with van der Waals surface area (Å²) >= 11 is 1.09. The van der Waals surface area contributed by atoms with Crippen LogP contribution in [0.2, 0.25) is 0 Å². The van der Waals surface area contributed by atoms with E-state index in [1.54, 1.807) is 29.8 Å². The molecule has 0 aliphatic rings. The second-order valence-electron chi connectivity index (χ2n) is 6.06. The number of hydrogen-bond acceptors (Lipinski definition) is 4. The normalized spacial score (nSPS) is 11.9. The minimum Gasteiger partial charge on any atom is -0.369 e. The lowest BCUT2D eigenvalue weighted by molar-refractivity contribution is 0.122. The topological polar surface area (TPSA) is 69.1 Å². The lowest BCUT2D eigenvalue weighted by atomic mass is 9.99. The molecule has 0 atom stereocenters. The Kier molecular flexibility index (Phi) is 4.29. The summed E-state index contributed by atoms with van der Waals surface area (Å²) in [6.45, 7) is 1.69. The number of rotatable bonds is 3. The SMILES string of the molecule is Cc1cc(-c2c(-c3ccccc3)nc(N)n3ccnc23)cc(C(F)(F)I)n1. The fourth-order valence-corrected chi connectivity index (χ4v) is 3.31. The molecule has 3 aromatic heterocycles. The summed E-state index contributed by atoms with van der Waals surface area (Å²) in [7, 11) is 0. The molecule has 0 fully saturated rings. The number of pyridine rings is 1. The third-order valence-electron chi connectivity index (χ3n) is 4.15. The maximum atomic E-state index is 13.9. The van der Waals surface area contributed by atoms with Crippen molar-refractivity contribution in [3.63, 3.8) is 0 Å². The van der Waals surface area contributed by atoms with Crippen LogP contribution in [0.3, 0.4) is 0 Å². The molecule has 0 saturated heterocycles. The van der Waals surface area contributed by atoms with E-state index < -0.39 is 3.93 Å². The highest BCUT2D eigenvalue weighted by Gasteiger charge is 2.30. The summed E-state index contributed by atoms with van der Waals surface area (Å²) in [6, 6.07) is 12.6. The minimum absolute atomic E-state index is 0.273. The first-order valence-corrected chi connectivity index (χ1v) is 9.16. The Hall–Kier alpha value is -2.62. The quantitative estimate of drug-likeness (QED) is 0.339.